The smallest absolute Gasteiger partial charge is 0.0234 e. The van der Waals surface area contributed by atoms with Crippen LogP contribution in [-0.2, 0) is 13.1 Å². The fraction of sp³-hybridized carbons (Fsp3) is 0.625. The lowest BCUT2D eigenvalue weighted by Gasteiger charge is -2.20. The topological polar surface area (TPSA) is 15.3 Å². The van der Waals surface area contributed by atoms with E-state index in [1.54, 1.807) is 0 Å². The standard InChI is InChI=1S/C16H28N2/c1-5-10-17-11-15-8-6-7-9-16(15)13-18(4)12-14(2)3/h6-9,14,17H,5,10-13H2,1-4H3. The Morgan fingerprint density at radius 1 is 1.17 bits per heavy atom. The van der Waals surface area contributed by atoms with Crippen molar-refractivity contribution in [3.05, 3.63) is 35.4 Å². The molecule has 0 amide bonds. The first-order valence-corrected chi connectivity index (χ1v) is 7.09. The molecule has 0 heterocycles. The number of hydrogen-bond donors (Lipinski definition) is 1. The Bertz CT molecular complexity index is 334. The molecule has 0 atom stereocenters. The van der Waals surface area contributed by atoms with Crippen LogP contribution in [0.25, 0.3) is 0 Å². The molecule has 2 heteroatoms. The quantitative estimate of drug-likeness (QED) is 0.710. The van der Waals surface area contributed by atoms with Gasteiger partial charge < -0.3 is 10.2 Å². The van der Waals surface area contributed by atoms with Gasteiger partial charge in [0, 0.05) is 19.6 Å². The molecule has 1 N–H and O–H groups in total. The molecule has 0 saturated heterocycles. The van der Waals surface area contributed by atoms with Crippen molar-refractivity contribution in [2.45, 2.75) is 40.3 Å². The van der Waals surface area contributed by atoms with Crippen molar-refractivity contribution in [3.8, 4) is 0 Å². The van der Waals surface area contributed by atoms with E-state index >= 15 is 0 Å². The molecule has 1 aromatic rings. The molecule has 0 bridgehead atoms. The van der Waals surface area contributed by atoms with Gasteiger partial charge in [-0.05, 0) is 37.1 Å². The van der Waals surface area contributed by atoms with E-state index in [-0.39, 0.29) is 0 Å². The third-order valence-electron chi connectivity index (χ3n) is 2.98. The third kappa shape index (κ3) is 5.65. The number of benzene rings is 1. The van der Waals surface area contributed by atoms with E-state index in [4.69, 9.17) is 0 Å². The van der Waals surface area contributed by atoms with Crippen molar-refractivity contribution in [1.29, 1.82) is 0 Å². The Morgan fingerprint density at radius 2 is 1.83 bits per heavy atom. The number of rotatable bonds is 8. The summed E-state index contributed by atoms with van der Waals surface area (Å²) in [7, 11) is 2.20. The minimum absolute atomic E-state index is 0.723. The highest BCUT2D eigenvalue weighted by Gasteiger charge is 2.06. The lowest BCUT2D eigenvalue weighted by molar-refractivity contribution is 0.287. The molecule has 0 aliphatic rings. The highest BCUT2D eigenvalue weighted by Crippen LogP contribution is 2.12. The van der Waals surface area contributed by atoms with Crippen LogP contribution in [0.3, 0.4) is 0 Å². The highest BCUT2D eigenvalue weighted by atomic mass is 15.1. The summed E-state index contributed by atoms with van der Waals surface area (Å²) in [6.07, 6.45) is 1.19. The van der Waals surface area contributed by atoms with Crippen LogP contribution in [-0.4, -0.2) is 25.0 Å². The van der Waals surface area contributed by atoms with Crippen LogP contribution in [0.4, 0.5) is 0 Å². The number of nitrogens with one attached hydrogen (secondary N) is 1. The molecule has 102 valence electrons. The van der Waals surface area contributed by atoms with E-state index < -0.39 is 0 Å². The summed E-state index contributed by atoms with van der Waals surface area (Å²) in [5.41, 5.74) is 2.88. The minimum atomic E-state index is 0.723. The summed E-state index contributed by atoms with van der Waals surface area (Å²) in [5, 5.41) is 3.49. The SMILES string of the molecule is CCCNCc1ccccc1CN(C)CC(C)C. The number of nitrogens with zero attached hydrogens (tertiary/aromatic N) is 1. The van der Waals surface area contributed by atoms with E-state index in [9.17, 15) is 0 Å². The summed E-state index contributed by atoms with van der Waals surface area (Å²) in [6.45, 7) is 11.0. The second-order valence-electron chi connectivity index (χ2n) is 5.54. The van der Waals surface area contributed by atoms with Gasteiger partial charge in [-0.2, -0.15) is 0 Å². The zero-order chi connectivity index (χ0) is 13.4. The Morgan fingerprint density at radius 3 is 2.44 bits per heavy atom. The summed E-state index contributed by atoms with van der Waals surface area (Å²) >= 11 is 0. The summed E-state index contributed by atoms with van der Waals surface area (Å²) in [4.78, 5) is 2.41. The first-order chi connectivity index (χ1) is 8.63. The van der Waals surface area contributed by atoms with Crippen LogP contribution in [0.1, 0.15) is 38.3 Å². The fourth-order valence-electron chi connectivity index (χ4n) is 2.26. The van der Waals surface area contributed by atoms with Gasteiger partial charge in [-0.3, -0.25) is 0 Å². The van der Waals surface area contributed by atoms with Gasteiger partial charge in [-0.15, -0.1) is 0 Å². The van der Waals surface area contributed by atoms with E-state index in [1.807, 2.05) is 0 Å². The van der Waals surface area contributed by atoms with E-state index in [0.29, 0.717) is 0 Å². The molecule has 0 saturated carbocycles. The molecule has 0 aromatic heterocycles. The molecular weight excluding hydrogens is 220 g/mol. The lowest BCUT2D eigenvalue weighted by Crippen LogP contribution is -2.24. The molecule has 1 rings (SSSR count). The van der Waals surface area contributed by atoms with Crippen LogP contribution >= 0.6 is 0 Å². The van der Waals surface area contributed by atoms with Crippen LogP contribution < -0.4 is 5.32 Å². The van der Waals surface area contributed by atoms with Crippen LogP contribution in [0.5, 0.6) is 0 Å². The number of hydrogen-bond acceptors (Lipinski definition) is 2. The third-order valence-corrected chi connectivity index (χ3v) is 2.98. The Balaban J connectivity index is 2.58. The first kappa shape index (κ1) is 15.2. The summed E-state index contributed by atoms with van der Waals surface area (Å²) in [6, 6.07) is 8.76. The molecule has 0 spiro atoms. The Hall–Kier alpha value is -0.860. The van der Waals surface area contributed by atoms with Crippen molar-refractivity contribution < 1.29 is 0 Å². The zero-order valence-electron chi connectivity index (χ0n) is 12.4. The van der Waals surface area contributed by atoms with Gasteiger partial charge >= 0.3 is 0 Å². The zero-order valence-corrected chi connectivity index (χ0v) is 12.4. The van der Waals surface area contributed by atoms with Crippen LogP contribution in [0, 0.1) is 5.92 Å². The summed E-state index contributed by atoms with van der Waals surface area (Å²) in [5.74, 6) is 0.723. The van der Waals surface area contributed by atoms with Gasteiger partial charge in [-0.1, -0.05) is 45.0 Å². The predicted molar refractivity (Wildman–Crippen MR) is 79.6 cm³/mol. The van der Waals surface area contributed by atoms with E-state index in [2.05, 4.69) is 62.3 Å². The first-order valence-electron chi connectivity index (χ1n) is 7.09. The van der Waals surface area contributed by atoms with Crippen LogP contribution in [0.2, 0.25) is 0 Å². The largest absolute Gasteiger partial charge is 0.313 e. The molecule has 0 unspecified atom stereocenters. The van der Waals surface area contributed by atoms with Crippen LogP contribution in [0.15, 0.2) is 24.3 Å². The molecule has 0 aliphatic carbocycles. The molecule has 18 heavy (non-hydrogen) atoms. The maximum atomic E-state index is 3.49. The van der Waals surface area contributed by atoms with E-state index in [0.717, 1.165) is 32.1 Å². The monoisotopic (exact) mass is 248 g/mol. The molecular formula is C16H28N2. The minimum Gasteiger partial charge on any atom is -0.313 e. The average molecular weight is 248 g/mol. The van der Waals surface area contributed by atoms with Gasteiger partial charge in [-0.25, -0.2) is 0 Å². The van der Waals surface area contributed by atoms with Gasteiger partial charge in [0.25, 0.3) is 0 Å². The van der Waals surface area contributed by atoms with E-state index in [1.165, 1.54) is 17.5 Å². The molecule has 1 aromatic carbocycles. The van der Waals surface area contributed by atoms with Crippen molar-refractivity contribution in [1.82, 2.24) is 10.2 Å². The average Bonchev–Trinajstić information content (AvgIpc) is 2.30. The predicted octanol–water partition coefficient (Wildman–Crippen LogP) is 3.27. The highest BCUT2D eigenvalue weighted by molar-refractivity contribution is 5.26. The van der Waals surface area contributed by atoms with Gasteiger partial charge in [0.2, 0.25) is 0 Å². The second kappa shape index (κ2) is 8.28. The van der Waals surface area contributed by atoms with Crippen molar-refractivity contribution >= 4 is 0 Å². The molecule has 2 nitrogen and oxygen atoms in total. The second-order valence-corrected chi connectivity index (χ2v) is 5.54. The lowest BCUT2D eigenvalue weighted by atomic mass is 10.1. The Labute approximate surface area is 112 Å². The van der Waals surface area contributed by atoms with Gasteiger partial charge in [0.05, 0.1) is 0 Å². The normalized spacial score (nSPS) is 11.4. The molecule has 0 fully saturated rings. The maximum absolute atomic E-state index is 3.49. The molecule has 0 radical (unpaired) electrons. The van der Waals surface area contributed by atoms with Crippen molar-refractivity contribution in [2.75, 3.05) is 20.1 Å². The maximum Gasteiger partial charge on any atom is 0.0234 e. The van der Waals surface area contributed by atoms with Crippen molar-refractivity contribution in [3.63, 3.8) is 0 Å². The van der Waals surface area contributed by atoms with Crippen molar-refractivity contribution in [2.24, 2.45) is 5.92 Å². The fourth-order valence-corrected chi connectivity index (χ4v) is 2.26. The van der Waals surface area contributed by atoms with Gasteiger partial charge in [0.1, 0.15) is 0 Å². The summed E-state index contributed by atoms with van der Waals surface area (Å²) < 4.78 is 0. The molecule has 0 aliphatic heterocycles. The Kier molecular flexibility index (Phi) is 6.99. The van der Waals surface area contributed by atoms with Gasteiger partial charge in [0.15, 0.2) is 0 Å².